The quantitative estimate of drug-likeness (QED) is 0.640. The molecule has 1 unspecified atom stereocenters. The molecule has 0 N–H and O–H groups in total. The van der Waals surface area contributed by atoms with Crippen molar-refractivity contribution in [1.29, 1.82) is 0 Å². The Hall–Kier alpha value is -0.560. The number of allylic oxidation sites excluding steroid dienone is 3. The molecular formula is C14H25N. The number of nitrogens with zero attached hydrogens (tertiary/aromatic N) is 1. The lowest BCUT2D eigenvalue weighted by Crippen LogP contribution is -2.26. The highest BCUT2D eigenvalue weighted by molar-refractivity contribution is 5.18. The molecule has 15 heavy (non-hydrogen) atoms. The molecule has 86 valence electrons. The molecule has 0 aromatic carbocycles. The van der Waals surface area contributed by atoms with Crippen molar-refractivity contribution in [3.63, 3.8) is 0 Å². The molecule has 0 amide bonds. The average molecular weight is 207 g/mol. The maximum Gasteiger partial charge on any atom is 0.0157 e. The third kappa shape index (κ3) is 3.49. The highest BCUT2D eigenvalue weighted by Crippen LogP contribution is 2.41. The van der Waals surface area contributed by atoms with E-state index in [1.807, 2.05) is 0 Å². The van der Waals surface area contributed by atoms with Crippen LogP contribution in [0.1, 0.15) is 33.6 Å². The second-order valence-electron chi connectivity index (χ2n) is 5.64. The Morgan fingerprint density at radius 2 is 2.13 bits per heavy atom. The lowest BCUT2D eigenvalue weighted by molar-refractivity contribution is 0.255. The smallest absolute Gasteiger partial charge is 0.0157 e. The van der Waals surface area contributed by atoms with Gasteiger partial charge in [0, 0.05) is 12.5 Å². The number of likely N-dealkylation sites (N-methyl/N-ethyl adjacent to an activating group) is 1. The van der Waals surface area contributed by atoms with E-state index in [4.69, 9.17) is 0 Å². The van der Waals surface area contributed by atoms with Crippen LogP contribution in [0.15, 0.2) is 23.8 Å². The molecular weight excluding hydrogens is 182 g/mol. The molecule has 0 radical (unpaired) electrons. The summed E-state index contributed by atoms with van der Waals surface area (Å²) in [5.74, 6) is 0.631. The van der Waals surface area contributed by atoms with E-state index < -0.39 is 0 Å². The first-order valence-corrected chi connectivity index (χ1v) is 5.91. The van der Waals surface area contributed by atoms with Crippen molar-refractivity contribution in [1.82, 2.24) is 4.90 Å². The van der Waals surface area contributed by atoms with Gasteiger partial charge in [0.15, 0.2) is 0 Å². The van der Waals surface area contributed by atoms with Gasteiger partial charge >= 0.3 is 0 Å². The zero-order chi connectivity index (χ0) is 11.5. The van der Waals surface area contributed by atoms with Crippen LogP contribution in [0.5, 0.6) is 0 Å². The summed E-state index contributed by atoms with van der Waals surface area (Å²) in [7, 11) is 4.22. The molecule has 1 heteroatoms. The molecule has 1 aliphatic carbocycles. The molecule has 0 spiro atoms. The minimum Gasteiger partial charge on any atom is -0.306 e. The van der Waals surface area contributed by atoms with Gasteiger partial charge in [-0.3, -0.25) is 0 Å². The number of hydrogen-bond acceptors (Lipinski definition) is 1. The second-order valence-corrected chi connectivity index (χ2v) is 5.64. The Morgan fingerprint density at radius 3 is 2.67 bits per heavy atom. The molecule has 0 aromatic heterocycles. The molecule has 1 rings (SSSR count). The normalized spacial score (nSPS) is 26.0. The molecule has 0 bridgehead atoms. The topological polar surface area (TPSA) is 3.24 Å². The van der Waals surface area contributed by atoms with Crippen molar-refractivity contribution in [2.45, 2.75) is 33.6 Å². The lowest BCUT2D eigenvalue weighted by Gasteiger charge is -2.36. The zero-order valence-corrected chi connectivity index (χ0v) is 10.9. The average Bonchev–Trinajstić information content (AvgIpc) is 2.09. The summed E-state index contributed by atoms with van der Waals surface area (Å²) in [6.07, 6.45) is 9.65. The first kappa shape index (κ1) is 12.5. The first-order valence-electron chi connectivity index (χ1n) is 5.91. The van der Waals surface area contributed by atoms with Gasteiger partial charge in [-0.15, -0.1) is 0 Å². The molecule has 0 heterocycles. The van der Waals surface area contributed by atoms with E-state index in [9.17, 15) is 0 Å². The van der Waals surface area contributed by atoms with Gasteiger partial charge in [-0.2, -0.15) is 0 Å². The van der Waals surface area contributed by atoms with E-state index in [0.717, 1.165) is 6.54 Å². The third-order valence-corrected chi connectivity index (χ3v) is 3.39. The molecule has 1 nitrogen and oxygen atoms in total. The Labute approximate surface area is 94.9 Å². The van der Waals surface area contributed by atoms with Gasteiger partial charge in [0.05, 0.1) is 0 Å². The zero-order valence-electron chi connectivity index (χ0n) is 10.9. The van der Waals surface area contributed by atoms with Gasteiger partial charge in [0.25, 0.3) is 0 Å². The SMILES string of the molecule is CC1=CCCC(C)(C)C1C=CCN(C)C. The summed E-state index contributed by atoms with van der Waals surface area (Å²) in [4.78, 5) is 2.20. The standard InChI is InChI=1S/C14H25N/c1-12-8-6-10-14(2,3)13(12)9-7-11-15(4)5/h7-9,13H,6,10-11H2,1-5H3. The molecule has 1 atom stereocenters. The van der Waals surface area contributed by atoms with Crippen LogP contribution in [0.2, 0.25) is 0 Å². The van der Waals surface area contributed by atoms with Crippen molar-refractivity contribution in [2.75, 3.05) is 20.6 Å². The molecule has 0 aromatic rings. The summed E-state index contributed by atoms with van der Waals surface area (Å²) >= 11 is 0. The Kier molecular flexibility index (Phi) is 4.15. The summed E-state index contributed by atoms with van der Waals surface area (Å²) < 4.78 is 0. The van der Waals surface area contributed by atoms with Crippen molar-refractivity contribution in [3.05, 3.63) is 23.8 Å². The van der Waals surface area contributed by atoms with E-state index in [1.54, 1.807) is 5.57 Å². The maximum absolute atomic E-state index is 2.40. The van der Waals surface area contributed by atoms with Gasteiger partial charge < -0.3 is 4.90 Å². The highest BCUT2D eigenvalue weighted by atomic mass is 15.0. The second kappa shape index (κ2) is 4.98. The third-order valence-electron chi connectivity index (χ3n) is 3.39. The minimum atomic E-state index is 0.432. The summed E-state index contributed by atoms with van der Waals surface area (Å²) in [5, 5.41) is 0. The molecule has 0 aliphatic heterocycles. The Bertz CT molecular complexity index is 259. The van der Waals surface area contributed by atoms with Gasteiger partial charge in [0.1, 0.15) is 0 Å². The van der Waals surface area contributed by atoms with Gasteiger partial charge in [0.2, 0.25) is 0 Å². The predicted molar refractivity (Wildman–Crippen MR) is 68.0 cm³/mol. The van der Waals surface area contributed by atoms with Crippen LogP contribution >= 0.6 is 0 Å². The van der Waals surface area contributed by atoms with Crippen LogP contribution < -0.4 is 0 Å². The van der Waals surface area contributed by atoms with Crippen molar-refractivity contribution in [3.8, 4) is 0 Å². The van der Waals surface area contributed by atoms with E-state index in [2.05, 4.69) is 58.0 Å². The Morgan fingerprint density at radius 1 is 1.47 bits per heavy atom. The van der Waals surface area contributed by atoms with Crippen LogP contribution in [-0.4, -0.2) is 25.5 Å². The van der Waals surface area contributed by atoms with Gasteiger partial charge in [-0.25, -0.2) is 0 Å². The van der Waals surface area contributed by atoms with Gasteiger partial charge in [-0.1, -0.05) is 37.6 Å². The van der Waals surface area contributed by atoms with Crippen LogP contribution in [0.4, 0.5) is 0 Å². The summed E-state index contributed by atoms with van der Waals surface area (Å²) in [6.45, 7) is 8.08. The molecule has 0 fully saturated rings. The van der Waals surface area contributed by atoms with Crippen molar-refractivity contribution >= 4 is 0 Å². The molecule has 1 aliphatic rings. The Balaban J connectivity index is 2.68. The fourth-order valence-corrected chi connectivity index (χ4v) is 2.39. The van der Waals surface area contributed by atoms with E-state index in [0.29, 0.717) is 11.3 Å². The van der Waals surface area contributed by atoms with E-state index in [-0.39, 0.29) is 0 Å². The number of hydrogen-bond donors (Lipinski definition) is 0. The predicted octanol–water partition coefficient (Wildman–Crippen LogP) is 3.49. The van der Waals surface area contributed by atoms with E-state index >= 15 is 0 Å². The molecule has 0 saturated heterocycles. The van der Waals surface area contributed by atoms with Crippen LogP contribution in [-0.2, 0) is 0 Å². The fraction of sp³-hybridized carbons (Fsp3) is 0.714. The summed E-state index contributed by atoms with van der Waals surface area (Å²) in [6, 6.07) is 0. The van der Waals surface area contributed by atoms with Crippen molar-refractivity contribution < 1.29 is 0 Å². The lowest BCUT2D eigenvalue weighted by atomic mass is 9.68. The van der Waals surface area contributed by atoms with Gasteiger partial charge in [-0.05, 0) is 39.3 Å². The fourth-order valence-electron chi connectivity index (χ4n) is 2.39. The number of rotatable bonds is 3. The van der Waals surface area contributed by atoms with E-state index in [1.165, 1.54) is 12.8 Å². The largest absolute Gasteiger partial charge is 0.306 e. The van der Waals surface area contributed by atoms with Crippen LogP contribution in [0.3, 0.4) is 0 Å². The van der Waals surface area contributed by atoms with Crippen molar-refractivity contribution in [2.24, 2.45) is 11.3 Å². The van der Waals surface area contributed by atoms with Crippen LogP contribution in [0.25, 0.3) is 0 Å². The first-order chi connectivity index (χ1) is 6.93. The molecule has 0 saturated carbocycles. The minimum absolute atomic E-state index is 0.432. The maximum atomic E-state index is 2.40. The summed E-state index contributed by atoms with van der Waals surface area (Å²) in [5.41, 5.74) is 1.98. The monoisotopic (exact) mass is 207 g/mol. The highest BCUT2D eigenvalue weighted by Gasteiger charge is 2.30. The van der Waals surface area contributed by atoms with Crippen LogP contribution in [0, 0.1) is 11.3 Å².